The van der Waals surface area contributed by atoms with Gasteiger partial charge in [-0.25, -0.2) is 0 Å². The molecule has 36 heavy (non-hydrogen) atoms. The first-order chi connectivity index (χ1) is 17.8. The fraction of sp³-hybridized carbons (Fsp3) is 0.303. The number of likely N-dealkylation sites (tertiary alicyclic amines) is 2. The van der Waals surface area contributed by atoms with E-state index in [0.717, 1.165) is 49.1 Å². The molecule has 0 unspecified atom stereocenters. The lowest BCUT2D eigenvalue weighted by atomic mass is 9.86. The summed E-state index contributed by atoms with van der Waals surface area (Å²) < 4.78 is 0. The molecule has 2 aliphatic heterocycles. The van der Waals surface area contributed by atoms with E-state index in [1.165, 1.54) is 24.0 Å². The molecule has 0 aromatic heterocycles. The number of amides is 1. The van der Waals surface area contributed by atoms with Crippen molar-refractivity contribution in [1.82, 2.24) is 9.80 Å². The van der Waals surface area contributed by atoms with Gasteiger partial charge in [-0.3, -0.25) is 4.79 Å². The highest BCUT2D eigenvalue weighted by atomic mass is 16.2. The maximum absolute atomic E-state index is 13.8. The van der Waals surface area contributed by atoms with Crippen LogP contribution < -0.4 is 0 Å². The molecule has 182 valence electrons. The number of carbonyl (C=O) groups excluding carboxylic acids is 1. The molecule has 4 aromatic rings. The lowest BCUT2D eigenvalue weighted by molar-refractivity contribution is 0.0783. The second kappa shape index (κ2) is 10.3. The molecule has 2 atom stereocenters. The third-order valence-electron chi connectivity index (χ3n) is 8.33. The van der Waals surface area contributed by atoms with Gasteiger partial charge in [0.25, 0.3) is 5.91 Å². The van der Waals surface area contributed by atoms with Crippen molar-refractivity contribution in [1.29, 1.82) is 0 Å². The zero-order valence-corrected chi connectivity index (χ0v) is 20.8. The number of hydrogen-bond acceptors (Lipinski definition) is 2. The quantitative estimate of drug-likeness (QED) is 0.326. The lowest BCUT2D eigenvalue weighted by Gasteiger charge is -2.34. The standard InChI is InChI=1S/C33H34N2O/c36-33(31-17-9-15-27-14-7-8-16-30(27)31)35-23-29(32(24-35)28-12-5-2-6-13-28)22-34-20-18-26(19-21-34)25-10-3-1-4-11-25/h1-17,26,29,32H,18-24H2/t29-,32+/m0/s1. The van der Waals surface area contributed by atoms with Crippen molar-refractivity contribution in [2.45, 2.75) is 24.7 Å². The molecule has 2 saturated heterocycles. The second-order valence-corrected chi connectivity index (χ2v) is 10.5. The van der Waals surface area contributed by atoms with E-state index in [1.54, 1.807) is 0 Å². The molecule has 4 aromatic carbocycles. The van der Waals surface area contributed by atoms with Crippen molar-refractivity contribution < 1.29 is 4.79 Å². The third-order valence-corrected chi connectivity index (χ3v) is 8.33. The molecule has 0 spiro atoms. The van der Waals surface area contributed by atoms with Crippen LogP contribution >= 0.6 is 0 Å². The van der Waals surface area contributed by atoms with Crippen LogP contribution in [0.15, 0.2) is 103 Å². The van der Waals surface area contributed by atoms with Crippen LogP contribution in [0, 0.1) is 5.92 Å². The predicted molar refractivity (Wildman–Crippen MR) is 147 cm³/mol. The molecule has 2 fully saturated rings. The molecule has 0 radical (unpaired) electrons. The minimum absolute atomic E-state index is 0.165. The number of piperidine rings is 1. The molecule has 6 rings (SSSR count). The highest BCUT2D eigenvalue weighted by Crippen LogP contribution is 2.36. The molecular formula is C33H34N2O. The Labute approximate surface area is 214 Å². The molecule has 0 aliphatic carbocycles. The van der Waals surface area contributed by atoms with Gasteiger partial charge >= 0.3 is 0 Å². The molecule has 3 heteroatoms. The normalized spacial score (nSPS) is 21.2. The first-order valence-corrected chi connectivity index (χ1v) is 13.4. The summed E-state index contributed by atoms with van der Waals surface area (Å²) in [5.74, 6) is 1.65. The van der Waals surface area contributed by atoms with Gasteiger partial charge in [0, 0.05) is 31.1 Å². The highest BCUT2D eigenvalue weighted by molar-refractivity contribution is 6.07. The molecule has 2 aliphatic rings. The van der Waals surface area contributed by atoms with E-state index in [4.69, 9.17) is 0 Å². The molecule has 0 saturated carbocycles. The Morgan fingerprint density at radius 1 is 0.694 bits per heavy atom. The number of benzene rings is 4. The summed E-state index contributed by atoms with van der Waals surface area (Å²) in [4.78, 5) is 18.5. The Morgan fingerprint density at radius 2 is 1.33 bits per heavy atom. The van der Waals surface area contributed by atoms with Crippen LogP contribution in [0.25, 0.3) is 10.8 Å². The zero-order chi connectivity index (χ0) is 24.3. The molecule has 0 bridgehead atoms. The number of hydrogen-bond donors (Lipinski definition) is 0. The predicted octanol–water partition coefficient (Wildman–Crippen LogP) is 6.58. The van der Waals surface area contributed by atoms with Gasteiger partial charge in [0.1, 0.15) is 0 Å². The van der Waals surface area contributed by atoms with Crippen LogP contribution in [0.5, 0.6) is 0 Å². The van der Waals surface area contributed by atoms with E-state index in [2.05, 4.69) is 88.7 Å². The Bertz CT molecular complexity index is 1310. The summed E-state index contributed by atoms with van der Waals surface area (Å²) in [5.41, 5.74) is 3.66. The zero-order valence-electron chi connectivity index (χ0n) is 20.8. The first kappa shape index (κ1) is 23.0. The maximum Gasteiger partial charge on any atom is 0.254 e. The lowest BCUT2D eigenvalue weighted by Crippen LogP contribution is -2.38. The Balaban J connectivity index is 1.19. The third kappa shape index (κ3) is 4.68. The van der Waals surface area contributed by atoms with Crippen molar-refractivity contribution in [2.24, 2.45) is 5.92 Å². The van der Waals surface area contributed by atoms with Crippen LogP contribution in [0.1, 0.15) is 46.2 Å². The van der Waals surface area contributed by atoms with Crippen LogP contribution in [0.3, 0.4) is 0 Å². The molecule has 1 amide bonds. The Kier molecular flexibility index (Phi) is 6.57. The number of rotatable bonds is 5. The summed E-state index contributed by atoms with van der Waals surface area (Å²) in [6.07, 6.45) is 2.43. The average Bonchev–Trinajstić information content (AvgIpc) is 3.37. The van der Waals surface area contributed by atoms with Crippen LogP contribution in [0.2, 0.25) is 0 Å². The van der Waals surface area contributed by atoms with Gasteiger partial charge in [-0.2, -0.15) is 0 Å². The maximum atomic E-state index is 13.8. The summed E-state index contributed by atoms with van der Waals surface area (Å²) in [6, 6.07) is 36.1. The minimum Gasteiger partial charge on any atom is -0.338 e. The van der Waals surface area contributed by atoms with E-state index < -0.39 is 0 Å². The first-order valence-electron chi connectivity index (χ1n) is 13.4. The fourth-order valence-electron chi connectivity index (χ4n) is 6.39. The van der Waals surface area contributed by atoms with Gasteiger partial charge in [-0.05, 0) is 65.7 Å². The van der Waals surface area contributed by atoms with E-state index in [-0.39, 0.29) is 5.91 Å². The van der Waals surface area contributed by atoms with Gasteiger partial charge < -0.3 is 9.80 Å². The topological polar surface area (TPSA) is 23.6 Å². The number of nitrogens with zero attached hydrogens (tertiary/aromatic N) is 2. The highest BCUT2D eigenvalue weighted by Gasteiger charge is 2.38. The van der Waals surface area contributed by atoms with Crippen molar-refractivity contribution in [3.63, 3.8) is 0 Å². The van der Waals surface area contributed by atoms with Crippen LogP contribution in [-0.2, 0) is 0 Å². The van der Waals surface area contributed by atoms with Gasteiger partial charge in [-0.1, -0.05) is 97.1 Å². The number of carbonyl (C=O) groups is 1. The smallest absolute Gasteiger partial charge is 0.254 e. The van der Waals surface area contributed by atoms with Gasteiger partial charge in [0.05, 0.1) is 0 Å². The summed E-state index contributed by atoms with van der Waals surface area (Å²) in [7, 11) is 0. The van der Waals surface area contributed by atoms with E-state index in [1.807, 2.05) is 24.3 Å². The monoisotopic (exact) mass is 474 g/mol. The van der Waals surface area contributed by atoms with E-state index in [0.29, 0.717) is 17.8 Å². The SMILES string of the molecule is O=C(c1cccc2ccccc12)N1C[C@H](CN2CCC(c3ccccc3)CC2)[C@@H](c2ccccc2)C1. The van der Waals surface area contributed by atoms with Crippen LogP contribution in [0.4, 0.5) is 0 Å². The van der Waals surface area contributed by atoms with Gasteiger partial charge in [0.15, 0.2) is 0 Å². The molecule has 2 heterocycles. The van der Waals surface area contributed by atoms with Crippen molar-refractivity contribution in [2.75, 3.05) is 32.7 Å². The average molecular weight is 475 g/mol. The fourth-order valence-corrected chi connectivity index (χ4v) is 6.39. The van der Waals surface area contributed by atoms with Crippen molar-refractivity contribution in [3.8, 4) is 0 Å². The Hall–Kier alpha value is -3.43. The molecule has 3 nitrogen and oxygen atoms in total. The molecular weight excluding hydrogens is 440 g/mol. The second-order valence-electron chi connectivity index (χ2n) is 10.5. The van der Waals surface area contributed by atoms with E-state index >= 15 is 0 Å². The van der Waals surface area contributed by atoms with Gasteiger partial charge in [0.2, 0.25) is 0 Å². The van der Waals surface area contributed by atoms with Crippen molar-refractivity contribution >= 4 is 16.7 Å². The summed E-state index contributed by atoms with van der Waals surface area (Å²) in [5, 5.41) is 2.17. The van der Waals surface area contributed by atoms with E-state index in [9.17, 15) is 4.79 Å². The molecule has 0 N–H and O–H groups in total. The Morgan fingerprint density at radius 3 is 2.08 bits per heavy atom. The summed E-state index contributed by atoms with van der Waals surface area (Å²) >= 11 is 0. The largest absolute Gasteiger partial charge is 0.338 e. The van der Waals surface area contributed by atoms with Crippen molar-refractivity contribution in [3.05, 3.63) is 120 Å². The summed E-state index contributed by atoms with van der Waals surface area (Å²) in [6.45, 7) is 4.93. The number of fused-ring (bicyclic) bond motifs is 1. The van der Waals surface area contributed by atoms with Gasteiger partial charge in [-0.15, -0.1) is 0 Å². The minimum atomic E-state index is 0.165. The van der Waals surface area contributed by atoms with Crippen LogP contribution in [-0.4, -0.2) is 48.4 Å².